The van der Waals surface area contributed by atoms with E-state index in [1.807, 2.05) is 0 Å². The third-order valence-corrected chi connectivity index (χ3v) is 4.79. The van der Waals surface area contributed by atoms with Gasteiger partial charge in [-0.2, -0.15) is 0 Å². The van der Waals surface area contributed by atoms with E-state index in [1.54, 1.807) is 0 Å². The number of nitrogens with one attached hydrogen (secondary N) is 1. The summed E-state index contributed by atoms with van der Waals surface area (Å²) in [4.78, 5) is 2.60. The summed E-state index contributed by atoms with van der Waals surface area (Å²) in [6.45, 7) is 8.37. The number of fused-ring (bicyclic) bond motifs is 1. The van der Waals surface area contributed by atoms with Crippen molar-refractivity contribution in [3.63, 3.8) is 0 Å². The largest absolute Gasteiger partial charge is 0.381 e. The van der Waals surface area contributed by atoms with Crippen molar-refractivity contribution in [3.05, 3.63) is 0 Å². The van der Waals surface area contributed by atoms with Gasteiger partial charge in [0.05, 0.1) is 6.61 Å². The second-order valence-corrected chi connectivity index (χ2v) is 5.98. The number of rotatable bonds is 6. The molecule has 2 atom stereocenters. The number of ether oxygens (including phenoxy) is 1. The Morgan fingerprint density at radius 3 is 2.59 bits per heavy atom. The van der Waals surface area contributed by atoms with Crippen LogP contribution in [0.5, 0.6) is 0 Å². The molecule has 1 saturated carbocycles. The molecule has 3 heteroatoms. The molecule has 2 heterocycles. The van der Waals surface area contributed by atoms with Crippen LogP contribution >= 0.6 is 0 Å². The Morgan fingerprint density at radius 2 is 1.82 bits per heavy atom. The third kappa shape index (κ3) is 3.01. The molecule has 1 N–H and O–H groups in total. The highest BCUT2D eigenvalue weighted by Crippen LogP contribution is 2.48. The summed E-state index contributed by atoms with van der Waals surface area (Å²) in [5, 5.41) is 3.43. The van der Waals surface area contributed by atoms with E-state index in [0.29, 0.717) is 0 Å². The molecule has 0 spiro atoms. The Balaban J connectivity index is 1.19. The lowest BCUT2D eigenvalue weighted by atomic mass is 10.1. The molecule has 0 aromatic heterocycles. The van der Waals surface area contributed by atoms with Crippen molar-refractivity contribution in [3.8, 4) is 0 Å². The van der Waals surface area contributed by atoms with E-state index in [0.717, 1.165) is 31.0 Å². The molecule has 3 nitrogen and oxygen atoms in total. The van der Waals surface area contributed by atoms with Crippen LogP contribution in [0, 0.1) is 17.8 Å². The lowest BCUT2D eigenvalue weighted by Gasteiger charge is -2.26. The van der Waals surface area contributed by atoms with Crippen molar-refractivity contribution in [1.29, 1.82) is 0 Å². The minimum Gasteiger partial charge on any atom is -0.381 e. The molecular weight excluding hydrogens is 212 g/mol. The fraction of sp³-hybridized carbons (Fsp3) is 1.00. The SMILES string of the molecule is C1CCN(CCCOCC2[C@@H]3CNC[C@@H]23)CC1. The van der Waals surface area contributed by atoms with E-state index >= 15 is 0 Å². The molecule has 3 aliphatic rings. The van der Waals surface area contributed by atoms with Gasteiger partial charge in [-0.3, -0.25) is 0 Å². The molecule has 1 aliphatic carbocycles. The lowest BCUT2D eigenvalue weighted by molar-refractivity contribution is 0.102. The first-order chi connectivity index (χ1) is 8.45. The monoisotopic (exact) mass is 238 g/mol. The second kappa shape index (κ2) is 5.68. The zero-order valence-electron chi connectivity index (χ0n) is 10.9. The van der Waals surface area contributed by atoms with Crippen molar-refractivity contribution in [1.82, 2.24) is 10.2 Å². The van der Waals surface area contributed by atoms with Crippen LogP contribution in [0.25, 0.3) is 0 Å². The molecule has 3 rings (SSSR count). The lowest BCUT2D eigenvalue weighted by Crippen LogP contribution is -2.31. The van der Waals surface area contributed by atoms with E-state index in [2.05, 4.69) is 10.2 Å². The molecule has 2 saturated heterocycles. The molecule has 2 aliphatic heterocycles. The predicted molar refractivity (Wildman–Crippen MR) is 69.1 cm³/mol. The van der Waals surface area contributed by atoms with Gasteiger partial charge in [0.15, 0.2) is 0 Å². The van der Waals surface area contributed by atoms with E-state index in [4.69, 9.17) is 4.74 Å². The number of nitrogens with zero attached hydrogens (tertiary/aromatic N) is 1. The smallest absolute Gasteiger partial charge is 0.0500 e. The quantitative estimate of drug-likeness (QED) is 0.707. The predicted octanol–water partition coefficient (Wildman–Crippen LogP) is 1.34. The molecule has 0 bridgehead atoms. The first-order valence-electron chi connectivity index (χ1n) is 7.46. The fourth-order valence-corrected chi connectivity index (χ4v) is 3.59. The van der Waals surface area contributed by atoms with Crippen LogP contribution in [0.3, 0.4) is 0 Å². The maximum atomic E-state index is 5.83. The van der Waals surface area contributed by atoms with Gasteiger partial charge < -0.3 is 15.0 Å². The van der Waals surface area contributed by atoms with Crippen molar-refractivity contribution < 1.29 is 4.74 Å². The summed E-state index contributed by atoms with van der Waals surface area (Å²) in [7, 11) is 0. The highest BCUT2D eigenvalue weighted by molar-refractivity contribution is 5.03. The summed E-state index contributed by atoms with van der Waals surface area (Å²) in [6, 6.07) is 0. The third-order valence-electron chi connectivity index (χ3n) is 4.79. The van der Waals surface area contributed by atoms with Gasteiger partial charge >= 0.3 is 0 Å². The second-order valence-electron chi connectivity index (χ2n) is 5.98. The van der Waals surface area contributed by atoms with E-state index < -0.39 is 0 Å². The summed E-state index contributed by atoms with van der Waals surface area (Å²) in [6.07, 6.45) is 5.46. The first kappa shape index (κ1) is 11.9. The van der Waals surface area contributed by atoms with Gasteiger partial charge in [-0.15, -0.1) is 0 Å². The van der Waals surface area contributed by atoms with Crippen LogP contribution in [0.15, 0.2) is 0 Å². The fourth-order valence-electron chi connectivity index (χ4n) is 3.59. The van der Waals surface area contributed by atoms with Gasteiger partial charge in [0, 0.05) is 13.2 Å². The van der Waals surface area contributed by atoms with Gasteiger partial charge in [0.2, 0.25) is 0 Å². The Hall–Kier alpha value is -0.120. The van der Waals surface area contributed by atoms with Crippen LogP contribution < -0.4 is 5.32 Å². The van der Waals surface area contributed by atoms with Crippen LogP contribution in [0.1, 0.15) is 25.7 Å². The zero-order chi connectivity index (χ0) is 11.5. The number of piperidine rings is 2. The van der Waals surface area contributed by atoms with Crippen molar-refractivity contribution >= 4 is 0 Å². The Labute approximate surface area is 105 Å². The normalized spacial score (nSPS) is 37.1. The summed E-state index contributed by atoms with van der Waals surface area (Å²) in [5.74, 6) is 2.81. The molecule has 3 fully saturated rings. The molecule has 0 radical (unpaired) electrons. The maximum Gasteiger partial charge on any atom is 0.0500 e. The average molecular weight is 238 g/mol. The molecular formula is C14H26N2O. The van der Waals surface area contributed by atoms with Crippen molar-refractivity contribution in [2.75, 3.05) is 45.9 Å². The average Bonchev–Trinajstić information content (AvgIpc) is 2.82. The highest BCUT2D eigenvalue weighted by atomic mass is 16.5. The molecule has 17 heavy (non-hydrogen) atoms. The molecule has 98 valence electrons. The number of hydrogen-bond acceptors (Lipinski definition) is 3. The maximum absolute atomic E-state index is 5.83. The first-order valence-corrected chi connectivity index (χ1v) is 7.46. The number of hydrogen-bond donors (Lipinski definition) is 1. The van der Waals surface area contributed by atoms with Gasteiger partial charge in [0.1, 0.15) is 0 Å². The zero-order valence-corrected chi connectivity index (χ0v) is 10.9. The molecule has 0 unspecified atom stereocenters. The minimum absolute atomic E-state index is 0.895. The van der Waals surface area contributed by atoms with E-state index in [9.17, 15) is 0 Å². The van der Waals surface area contributed by atoms with Crippen LogP contribution in [-0.4, -0.2) is 50.8 Å². The summed E-state index contributed by atoms with van der Waals surface area (Å²) < 4.78 is 5.83. The van der Waals surface area contributed by atoms with E-state index in [-0.39, 0.29) is 0 Å². The van der Waals surface area contributed by atoms with Gasteiger partial charge in [0.25, 0.3) is 0 Å². The van der Waals surface area contributed by atoms with Crippen LogP contribution in [-0.2, 0) is 4.74 Å². The highest BCUT2D eigenvalue weighted by Gasteiger charge is 2.52. The van der Waals surface area contributed by atoms with Gasteiger partial charge in [-0.05, 0) is 63.2 Å². The minimum atomic E-state index is 0.895. The Bertz CT molecular complexity index is 226. The topological polar surface area (TPSA) is 24.5 Å². The summed E-state index contributed by atoms with van der Waals surface area (Å²) in [5.41, 5.74) is 0. The van der Waals surface area contributed by atoms with Crippen LogP contribution in [0.4, 0.5) is 0 Å². The van der Waals surface area contributed by atoms with Crippen molar-refractivity contribution in [2.45, 2.75) is 25.7 Å². The Morgan fingerprint density at radius 1 is 1.06 bits per heavy atom. The van der Waals surface area contributed by atoms with E-state index in [1.165, 1.54) is 58.4 Å². The standard InChI is InChI=1S/C14H26N2O/c1-2-5-16(6-3-1)7-4-8-17-11-14-12-9-15-10-13(12)14/h12-15H,1-11H2/t12-,13-/m1/s1. The number of likely N-dealkylation sites (tertiary alicyclic amines) is 1. The Kier molecular flexibility index (Phi) is 3.99. The van der Waals surface area contributed by atoms with Gasteiger partial charge in [-0.25, -0.2) is 0 Å². The summed E-state index contributed by atoms with van der Waals surface area (Å²) >= 11 is 0. The molecule has 0 aromatic carbocycles. The molecule has 0 amide bonds. The van der Waals surface area contributed by atoms with Crippen LogP contribution in [0.2, 0.25) is 0 Å². The van der Waals surface area contributed by atoms with Gasteiger partial charge in [-0.1, -0.05) is 6.42 Å². The molecule has 0 aromatic rings. The van der Waals surface area contributed by atoms with Crippen molar-refractivity contribution in [2.24, 2.45) is 17.8 Å².